The molecule has 5 nitrogen and oxygen atoms in total. The van der Waals surface area contributed by atoms with Gasteiger partial charge in [0.1, 0.15) is 5.82 Å². The van der Waals surface area contributed by atoms with Crippen molar-refractivity contribution in [2.45, 2.75) is 69.2 Å². The minimum Gasteiger partial charge on any atom is -0.368 e. The van der Waals surface area contributed by atoms with Gasteiger partial charge in [-0.25, -0.2) is 4.98 Å². The average Bonchev–Trinajstić information content (AvgIpc) is 3.06. The average molecular weight is 327 g/mol. The summed E-state index contributed by atoms with van der Waals surface area (Å²) in [7, 11) is 0. The molecule has 2 bridgehead atoms. The second-order valence-electron chi connectivity index (χ2n) is 8.49. The van der Waals surface area contributed by atoms with Gasteiger partial charge in [-0.2, -0.15) is 4.98 Å². The summed E-state index contributed by atoms with van der Waals surface area (Å²) >= 11 is 0. The number of hydrogen-bond donors (Lipinski definition) is 2. The molecule has 6 rings (SSSR count). The van der Waals surface area contributed by atoms with E-state index >= 15 is 0 Å². The standard InChI is InChI=1S/C19H29N5/c20-18-22-16-14(4-3-9-19(16)7-1-2-8-19)17(23-18)21-15-12-24-10-5-13(15)6-11-24/h13,15H,1-12H2,(H3,20,21,22,23). The van der Waals surface area contributed by atoms with Gasteiger partial charge in [0.05, 0.1) is 5.69 Å². The SMILES string of the molecule is Nc1nc(NC2CN3CCC2CC3)c2c(n1)C1(CCCC1)CCC2. The summed E-state index contributed by atoms with van der Waals surface area (Å²) in [6, 6.07) is 0.535. The molecule has 4 heterocycles. The van der Waals surface area contributed by atoms with Crippen molar-refractivity contribution in [3.05, 3.63) is 11.3 Å². The van der Waals surface area contributed by atoms with Gasteiger partial charge in [0.2, 0.25) is 5.95 Å². The van der Waals surface area contributed by atoms with Gasteiger partial charge in [-0.05, 0) is 64.0 Å². The first-order chi connectivity index (χ1) is 11.7. The Morgan fingerprint density at radius 3 is 2.50 bits per heavy atom. The number of nitrogens with zero attached hydrogens (tertiary/aromatic N) is 3. The Hall–Kier alpha value is -1.36. The second kappa shape index (κ2) is 5.58. The molecule has 5 aliphatic rings. The van der Waals surface area contributed by atoms with Crippen molar-refractivity contribution >= 4 is 11.8 Å². The highest BCUT2D eigenvalue weighted by molar-refractivity contribution is 5.54. The lowest BCUT2D eigenvalue weighted by Crippen LogP contribution is -2.53. The van der Waals surface area contributed by atoms with Crippen LogP contribution in [0.3, 0.4) is 0 Å². The molecule has 3 aliphatic heterocycles. The molecule has 24 heavy (non-hydrogen) atoms. The van der Waals surface area contributed by atoms with Crippen LogP contribution in [0.5, 0.6) is 0 Å². The monoisotopic (exact) mass is 327 g/mol. The highest BCUT2D eigenvalue weighted by atomic mass is 15.2. The van der Waals surface area contributed by atoms with Gasteiger partial charge in [-0.15, -0.1) is 0 Å². The highest BCUT2D eigenvalue weighted by Crippen LogP contribution is 2.49. The first-order valence-electron chi connectivity index (χ1n) is 9.89. The molecule has 2 aliphatic carbocycles. The van der Waals surface area contributed by atoms with E-state index in [2.05, 4.69) is 15.2 Å². The molecule has 130 valence electrons. The van der Waals surface area contributed by atoms with Crippen LogP contribution in [0, 0.1) is 5.92 Å². The van der Waals surface area contributed by atoms with Gasteiger partial charge in [0.25, 0.3) is 0 Å². The number of anilines is 2. The van der Waals surface area contributed by atoms with Gasteiger partial charge in [0, 0.05) is 23.6 Å². The Bertz CT molecular complexity index is 629. The quantitative estimate of drug-likeness (QED) is 0.874. The number of hydrogen-bond acceptors (Lipinski definition) is 5. The van der Waals surface area contributed by atoms with Crippen molar-refractivity contribution in [1.29, 1.82) is 0 Å². The predicted octanol–water partition coefficient (Wildman–Crippen LogP) is 2.71. The molecule has 1 atom stereocenters. The van der Waals surface area contributed by atoms with E-state index in [9.17, 15) is 0 Å². The number of rotatable bonds is 2. The summed E-state index contributed by atoms with van der Waals surface area (Å²) in [5, 5.41) is 3.81. The summed E-state index contributed by atoms with van der Waals surface area (Å²) in [6.07, 6.45) is 11.6. The predicted molar refractivity (Wildman–Crippen MR) is 96.1 cm³/mol. The van der Waals surface area contributed by atoms with E-state index in [0.29, 0.717) is 17.4 Å². The van der Waals surface area contributed by atoms with Crippen LogP contribution in [0.15, 0.2) is 0 Å². The van der Waals surface area contributed by atoms with Crippen LogP contribution in [0.1, 0.15) is 62.6 Å². The normalized spacial score (nSPS) is 33.6. The van der Waals surface area contributed by atoms with Crippen molar-refractivity contribution in [1.82, 2.24) is 14.9 Å². The first-order valence-corrected chi connectivity index (χ1v) is 9.89. The molecule has 1 aromatic rings. The van der Waals surface area contributed by atoms with Crippen LogP contribution >= 0.6 is 0 Å². The molecule has 3 N–H and O–H groups in total. The maximum Gasteiger partial charge on any atom is 0.222 e. The molecule has 0 amide bonds. The number of fused-ring (bicyclic) bond motifs is 5. The van der Waals surface area contributed by atoms with Crippen LogP contribution in [0.2, 0.25) is 0 Å². The van der Waals surface area contributed by atoms with Crippen molar-refractivity contribution in [2.24, 2.45) is 5.92 Å². The van der Waals surface area contributed by atoms with Gasteiger partial charge in [-0.1, -0.05) is 12.8 Å². The van der Waals surface area contributed by atoms with E-state index in [1.165, 1.54) is 75.7 Å². The van der Waals surface area contributed by atoms with E-state index in [1.807, 2.05) is 0 Å². The molecule has 3 saturated heterocycles. The summed E-state index contributed by atoms with van der Waals surface area (Å²) in [6.45, 7) is 3.71. The van der Waals surface area contributed by atoms with Crippen molar-refractivity contribution in [2.75, 3.05) is 30.7 Å². The lowest BCUT2D eigenvalue weighted by molar-refractivity contribution is 0.0973. The molecule has 5 heteroatoms. The zero-order valence-electron chi connectivity index (χ0n) is 14.6. The fourth-order valence-electron chi connectivity index (χ4n) is 5.86. The third-order valence-electron chi connectivity index (χ3n) is 7.15. The van der Waals surface area contributed by atoms with Crippen LogP contribution in [0.4, 0.5) is 11.8 Å². The van der Waals surface area contributed by atoms with E-state index in [0.717, 1.165) is 24.7 Å². The fraction of sp³-hybridized carbons (Fsp3) is 0.789. The molecule has 1 aromatic heterocycles. The Balaban J connectivity index is 1.49. The molecule has 0 radical (unpaired) electrons. The van der Waals surface area contributed by atoms with Crippen molar-refractivity contribution in [3.8, 4) is 0 Å². The summed E-state index contributed by atoms with van der Waals surface area (Å²) in [5.74, 6) is 2.32. The zero-order valence-corrected chi connectivity index (χ0v) is 14.6. The van der Waals surface area contributed by atoms with E-state index in [4.69, 9.17) is 10.7 Å². The second-order valence-corrected chi connectivity index (χ2v) is 8.49. The summed E-state index contributed by atoms with van der Waals surface area (Å²) in [5.41, 5.74) is 9.12. The lowest BCUT2D eigenvalue weighted by Gasteiger charge is -2.45. The number of piperidine rings is 3. The smallest absolute Gasteiger partial charge is 0.222 e. The fourth-order valence-corrected chi connectivity index (χ4v) is 5.86. The minimum atomic E-state index is 0.302. The van der Waals surface area contributed by atoms with Gasteiger partial charge < -0.3 is 16.0 Å². The third-order valence-corrected chi connectivity index (χ3v) is 7.15. The van der Waals surface area contributed by atoms with Crippen LogP contribution < -0.4 is 11.1 Å². The van der Waals surface area contributed by atoms with E-state index < -0.39 is 0 Å². The minimum absolute atomic E-state index is 0.302. The summed E-state index contributed by atoms with van der Waals surface area (Å²) < 4.78 is 0. The Morgan fingerprint density at radius 1 is 1.04 bits per heavy atom. The molecule has 1 unspecified atom stereocenters. The number of nitrogens with one attached hydrogen (secondary N) is 1. The zero-order chi connectivity index (χ0) is 16.1. The third kappa shape index (κ3) is 2.32. The van der Waals surface area contributed by atoms with Crippen molar-refractivity contribution < 1.29 is 0 Å². The molecular formula is C19H29N5. The first kappa shape index (κ1) is 14.9. The Labute approximate surface area is 144 Å². The van der Waals surface area contributed by atoms with Gasteiger partial charge in [-0.3, -0.25) is 0 Å². The summed E-state index contributed by atoms with van der Waals surface area (Å²) in [4.78, 5) is 12.0. The lowest BCUT2D eigenvalue weighted by atomic mass is 9.71. The van der Waals surface area contributed by atoms with Crippen LogP contribution in [-0.2, 0) is 11.8 Å². The molecule has 1 saturated carbocycles. The molecular weight excluding hydrogens is 298 g/mol. The number of nitrogens with two attached hydrogens (primary N) is 1. The van der Waals surface area contributed by atoms with Crippen LogP contribution in [0.25, 0.3) is 0 Å². The Kier molecular flexibility index (Phi) is 3.47. The largest absolute Gasteiger partial charge is 0.368 e. The maximum absolute atomic E-state index is 6.14. The van der Waals surface area contributed by atoms with Crippen LogP contribution in [-0.4, -0.2) is 40.5 Å². The number of aromatic nitrogens is 2. The van der Waals surface area contributed by atoms with Gasteiger partial charge in [0.15, 0.2) is 0 Å². The number of nitrogen functional groups attached to an aromatic ring is 1. The molecule has 4 fully saturated rings. The van der Waals surface area contributed by atoms with E-state index in [1.54, 1.807) is 0 Å². The topological polar surface area (TPSA) is 67.1 Å². The van der Waals surface area contributed by atoms with Crippen molar-refractivity contribution in [3.63, 3.8) is 0 Å². The molecule has 1 spiro atoms. The maximum atomic E-state index is 6.14. The van der Waals surface area contributed by atoms with Gasteiger partial charge >= 0.3 is 0 Å². The Morgan fingerprint density at radius 2 is 1.79 bits per heavy atom. The highest BCUT2D eigenvalue weighted by Gasteiger charge is 2.42. The molecule has 0 aromatic carbocycles. The van der Waals surface area contributed by atoms with E-state index in [-0.39, 0.29) is 0 Å².